The third kappa shape index (κ3) is 5.14. The Balaban J connectivity index is 1.14. The lowest BCUT2D eigenvalue weighted by Crippen LogP contribution is -2.33. The molecule has 56 heavy (non-hydrogen) atoms. The summed E-state index contributed by atoms with van der Waals surface area (Å²) in [6, 6.07) is 52.6. The molecule has 0 fully saturated rings. The number of rotatable bonds is 4. The summed E-state index contributed by atoms with van der Waals surface area (Å²) < 4.78 is 5.00. The number of hydrogen-bond acceptors (Lipinski definition) is 4. The number of aromatic nitrogens is 4. The maximum Gasteiger partial charge on any atom is 0.164 e. The molecule has 3 heterocycles. The number of hydrogen-bond donors (Lipinski definition) is 0. The highest BCUT2D eigenvalue weighted by molar-refractivity contribution is 7.25. The van der Waals surface area contributed by atoms with Gasteiger partial charge < -0.3 is 4.57 Å². The molecule has 0 N–H and O–H groups in total. The Morgan fingerprint density at radius 3 is 1.88 bits per heavy atom. The Morgan fingerprint density at radius 1 is 0.464 bits per heavy atom. The van der Waals surface area contributed by atoms with Crippen LogP contribution in [0.25, 0.3) is 92.6 Å². The third-order valence-corrected chi connectivity index (χ3v) is 13.4. The fourth-order valence-corrected chi connectivity index (χ4v) is 10.2. The summed E-state index contributed by atoms with van der Waals surface area (Å²) in [5.74, 6) is 1.97. The standard InChI is InChI=1S/C51H40N4S/c1-50(2)25-26-51(3,4)41-30-43-39(29-40(41)50)46-36-18-9-8-13-31(36)21-23-42(46)55(43)35-17-12-16-33(27-35)48-52-47(32-14-6-5-7-15-32)53-49(54-48)34-22-24-45-38(28-34)37-19-10-11-20-44(37)56-45/h5-24,27-30H,25-26H2,1-4H3. The van der Waals surface area contributed by atoms with Crippen LogP contribution in [0.1, 0.15) is 51.7 Å². The van der Waals surface area contributed by atoms with Crippen LogP contribution in [0.15, 0.2) is 146 Å². The average molecular weight is 741 g/mol. The van der Waals surface area contributed by atoms with Gasteiger partial charge in [-0.25, -0.2) is 15.0 Å². The van der Waals surface area contributed by atoms with Gasteiger partial charge in [0, 0.05) is 53.3 Å². The summed E-state index contributed by atoms with van der Waals surface area (Å²) >= 11 is 1.82. The molecule has 10 aromatic rings. The zero-order valence-corrected chi connectivity index (χ0v) is 32.8. The van der Waals surface area contributed by atoms with Gasteiger partial charge in [0.1, 0.15) is 0 Å². The van der Waals surface area contributed by atoms with Crippen molar-refractivity contribution in [2.45, 2.75) is 51.4 Å². The normalized spacial score (nSPS) is 14.9. The van der Waals surface area contributed by atoms with Gasteiger partial charge in [0.15, 0.2) is 17.5 Å². The van der Waals surface area contributed by atoms with E-state index in [0.29, 0.717) is 17.5 Å². The molecule has 5 heteroatoms. The molecule has 0 saturated carbocycles. The molecule has 1 aliphatic carbocycles. The van der Waals surface area contributed by atoms with Gasteiger partial charge in [-0.2, -0.15) is 0 Å². The van der Waals surface area contributed by atoms with Crippen molar-refractivity contribution in [1.29, 1.82) is 0 Å². The van der Waals surface area contributed by atoms with Gasteiger partial charge in [0.2, 0.25) is 0 Å². The Labute approximate surface area is 330 Å². The number of thiophene rings is 1. The largest absolute Gasteiger partial charge is 0.309 e. The van der Waals surface area contributed by atoms with Gasteiger partial charge in [-0.05, 0) is 100 Å². The second-order valence-corrected chi connectivity index (χ2v) is 17.8. The molecular weight excluding hydrogens is 701 g/mol. The Hall–Kier alpha value is -6.17. The maximum absolute atomic E-state index is 5.22. The fourth-order valence-electron chi connectivity index (χ4n) is 9.12. The van der Waals surface area contributed by atoms with Crippen LogP contribution in [0.4, 0.5) is 0 Å². The molecule has 0 saturated heterocycles. The molecule has 0 radical (unpaired) electrons. The topological polar surface area (TPSA) is 43.6 Å². The fraction of sp³-hybridized carbons (Fsp3) is 0.157. The monoisotopic (exact) mass is 740 g/mol. The lowest BCUT2D eigenvalue weighted by molar-refractivity contribution is 0.332. The SMILES string of the molecule is CC1(C)CCC(C)(C)c2cc3c(cc21)c1c2ccccc2ccc1n3-c1cccc(-c2nc(-c3ccccc3)nc(-c3ccc4sc5ccccc5c4c3)n2)c1. The van der Waals surface area contributed by atoms with Gasteiger partial charge in [0.05, 0.1) is 11.0 Å². The molecule has 0 atom stereocenters. The van der Waals surface area contributed by atoms with E-state index in [4.69, 9.17) is 15.0 Å². The number of benzene rings is 7. The van der Waals surface area contributed by atoms with Crippen molar-refractivity contribution >= 4 is 64.1 Å². The summed E-state index contributed by atoms with van der Waals surface area (Å²) in [4.78, 5) is 15.5. The predicted molar refractivity (Wildman–Crippen MR) is 236 cm³/mol. The van der Waals surface area contributed by atoms with Crippen LogP contribution in [0.2, 0.25) is 0 Å². The van der Waals surface area contributed by atoms with Crippen molar-refractivity contribution in [2.75, 3.05) is 0 Å². The van der Waals surface area contributed by atoms with E-state index in [1.807, 2.05) is 29.5 Å². The lowest BCUT2D eigenvalue weighted by Gasteiger charge is -2.42. The van der Waals surface area contributed by atoms with Gasteiger partial charge in [0.25, 0.3) is 0 Å². The second-order valence-electron chi connectivity index (χ2n) is 16.7. The van der Waals surface area contributed by atoms with E-state index in [2.05, 4.69) is 160 Å². The van der Waals surface area contributed by atoms with Crippen LogP contribution in [0, 0.1) is 0 Å². The first-order valence-electron chi connectivity index (χ1n) is 19.6. The van der Waals surface area contributed by atoms with Gasteiger partial charge in [-0.1, -0.05) is 119 Å². The highest BCUT2D eigenvalue weighted by atomic mass is 32.1. The Kier molecular flexibility index (Phi) is 7.21. The minimum Gasteiger partial charge on any atom is -0.309 e. The zero-order valence-electron chi connectivity index (χ0n) is 32.0. The molecule has 3 aromatic heterocycles. The van der Waals surface area contributed by atoms with Crippen LogP contribution in [-0.2, 0) is 10.8 Å². The van der Waals surface area contributed by atoms with E-state index in [0.717, 1.165) is 28.8 Å². The molecule has 4 nitrogen and oxygen atoms in total. The second kappa shape index (κ2) is 12.2. The molecular formula is C51H40N4S. The highest BCUT2D eigenvalue weighted by Crippen LogP contribution is 2.49. The van der Waals surface area contributed by atoms with E-state index in [1.165, 1.54) is 70.3 Å². The smallest absolute Gasteiger partial charge is 0.164 e. The lowest BCUT2D eigenvalue weighted by atomic mass is 9.63. The predicted octanol–water partition coefficient (Wildman–Crippen LogP) is 13.8. The first-order valence-corrected chi connectivity index (χ1v) is 20.4. The van der Waals surface area contributed by atoms with Crippen LogP contribution >= 0.6 is 11.3 Å². The van der Waals surface area contributed by atoms with Crippen molar-refractivity contribution in [3.05, 3.63) is 157 Å². The molecule has 0 amide bonds. The van der Waals surface area contributed by atoms with E-state index < -0.39 is 0 Å². The first-order chi connectivity index (χ1) is 27.2. The molecule has 11 rings (SSSR count). The van der Waals surface area contributed by atoms with E-state index in [-0.39, 0.29) is 10.8 Å². The zero-order chi connectivity index (χ0) is 37.8. The molecule has 0 aliphatic heterocycles. The van der Waals surface area contributed by atoms with Crippen molar-refractivity contribution in [2.24, 2.45) is 0 Å². The van der Waals surface area contributed by atoms with Crippen LogP contribution in [-0.4, -0.2) is 19.5 Å². The Morgan fingerprint density at radius 2 is 1.09 bits per heavy atom. The third-order valence-electron chi connectivity index (χ3n) is 12.3. The summed E-state index contributed by atoms with van der Waals surface area (Å²) in [6.07, 6.45) is 2.34. The minimum atomic E-state index is 0.0810. The molecule has 1 aliphatic rings. The maximum atomic E-state index is 5.22. The molecule has 0 bridgehead atoms. The van der Waals surface area contributed by atoms with E-state index in [9.17, 15) is 0 Å². The van der Waals surface area contributed by atoms with Crippen LogP contribution in [0.3, 0.4) is 0 Å². The highest BCUT2D eigenvalue weighted by Gasteiger charge is 2.38. The van der Waals surface area contributed by atoms with Crippen molar-refractivity contribution in [3.63, 3.8) is 0 Å². The molecule has 0 spiro atoms. The van der Waals surface area contributed by atoms with Gasteiger partial charge in [-0.15, -0.1) is 11.3 Å². The first kappa shape index (κ1) is 33.2. The van der Waals surface area contributed by atoms with Crippen molar-refractivity contribution < 1.29 is 0 Å². The van der Waals surface area contributed by atoms with E-state index in [1.54, 1.807) is 0 Å². The van der Waals surface area contributed by atoms with Gasteiger partial charge in [-0.3, -0.25) is 0 Å². The van der Waals surface area contributed by atoms with Crippen LogP contribution in [0.5, 0.6) is 0 Å². The number of nitrogens with zero attached hydrogens (tertiary/aromatic N) is 4. The van der Waals surface area contributed by atoms with Crippen LogP contribution < -0.4 is 0 Å². The molecule has 270 valence electrons. The quantitative estimate of drug-likeness (QED) is 0.180. The van der Waals surface area contributed by atoms with Crippen molar-refractivity contribution in [3.8, 4) is 39.9 Å². The summed E-state index contributed by atoms with van der Waals surface area (Å²) in [6.45, 7) is 9.66. The summed E-state index contributed by atoms with van der Waals surface area (Å²) in [5, 5.41) is 7.62. The minimum absolute atomic E-state index is 0.0810. The molecule has 7 aromatic carbocycles. The van der Waals surface area contributed by atoms with E-state index >= 15 is 0 Å². The summed E-state index contributed by atoms with van der Waals surface area (Å²) in [7, 11) is 0. The van der Waals surface area contributed by atoms with Gasteiger partial charge >= 0.3 is 0 Å². The average Bonchev–Trinajstić information content (AvgIpc) is 3.77. The summed E-state index contributed by atoms with van der Waals surface area (Å²) in [5.41, 5.74) is 9.51. The van der Waals surface area contributed by atoms with Crippen molar-refractivity contribution in [1.82, 2.24) is 19.5 Å². The Bertz CT molecular complexity index is 3200. The number of fused-ring (bicyclic) bond motifs is 9. The molecule has 0 unspecified atom stereocenters.